The zero-order valence-electron chi connectivity index (χ0n) is 14.4. The molecule has 0 aromatic carbocycles. The Hall–Kier alpha value is -1.71. The average molecular weight is 313 g/mol. The van der Waals surface area contributed by atoms with Crippen molar-refractivity contribution < 1.29 is 4.79 Å². The number of allylic oxidation sites excluding steroid dienone is 2. The number of hydrogen-bond acceptors (Lipinski definition) is 3. The van der Waals surface area contributed by atoms with E-state index < -0.39 is 0 Å². The Labute approximate surface area is 138 Å². The predicted molar refractivity (Wildman–Crippen MR) is 92.6 cm³/mol. The number of anilines is 1. The molecule has 1 heterocycles. The molecular formula is C19H27N3O. The van der Waals surface area contributed by atoms with Crippen molar-refractivity contribution in [1.29, 1.82) is 0 Å². The van der Waals surface area contributed by atoms with Gasteiger partial charge in [-0.1, -0.05) is 32.4 Å². The first-order valence-corrected chi connectivity index (χ1v) is 8.93. The minimum absolute atomic E-state index is 0.102. The van der Waals surface area contributed by atoms with Crippen molar-refractivity contribution in [2.75, 3.05) is 5.32 Å². The van der Waals surface area contributed by atoms with Crippen LogP contribution in [-0.2, 0) is 11.2 Å². The molecule has 4 heteroatoms. The molecule has 1 aromatic heterocycles. The van der Waals surface area contributed by atoms with Crippen LogP contribution in [0.3, 0.4) is 0 Å². The zero-order valence-corrected chi connectivity index (χ0v) is 14.4. The van der Waals surface area contributed by atoms with Crippen LogP contribution < -0.4 is 5.32 Å². The summed E-state index contributed by atoms with van der Waals surface area (Å²) in [6.45, 7) is 6.06. The molecule has 0 saturated carbocycles. The maximum atomic E-state index is 11.4. The average Bonchev–Trinajstić information content (AvgIpc) is 2.89. The van der Waals surface area contributed by atoms with Gasteiger partial charge < -0.3 is 0 Å². The van der Waals surface area contributed by atoms with Crippen LogP contribution in [0.5, 0.6) is 0 Å². The SMILES string of the molecule is CCC/C=C\C[C@H]1c2nc(NC(C)=O)nc3c2[C@@H](CC3)C[C@H]1C. The standard InChI is InChI=1S/C19H27N3O/c1-4-5-6-7-8-15-12(2)11-14-9-10-16-17(14)18(15)22-19(21-16)20-13(3)23/h6-7,12,14-15H,4-5,8-11H2,1-3H3,(H,20,21,22,23)/b7-6-/t12-,14+,15-/m1/s1. The highest BCUT2D eigenvalue weighted by Crippen LogP contribution is 2.49. The topological polar surface area (TPSA) is 54.9 Å². The number of aryl methyl sites for hydroxylation is 1. The number of rotatable bonds is 5. The molecule has 1 N–H and O–H groups in total. The van der Waals surface area contributed by atoms with Crippen molar-refractivity contribution >= 4 is 11.9 Å². The summed E-state index contributed by atoms with van der Waals surface area (Å²) in [7, 11) is 0. The normalized spacial score (nSPS) is 25.6. The summed E-state index contributed by atoms with van der Waals surface area (Å²) < 4.78 is 0. The van der Waals surface area contributed by atoms with E-state index in [2.05, 4.69) is 36.3 Å². The molecule has 0 aliphatic heterocycles. The third-order valence-electron chi connectivity index (χ3n) is 5.19. The van der Waals surface area contributed by atoms with Crippen molar-refractivity contribution in [3.8, 4) is 0 Å². The van der Waals surface area contributed by atoms with Gasteiger partial charge in [0.2, 0.25) is 11.9 Å². The van der Waals surface area contributed by atoms with Crippen LogP contribution in [0.4, 0.5) is 5.95 Å². The lowest BCUT2D eigenvalue weighted by Crippen LogP contribution is -2.23. The van der Waals surface area contributed by atoms with Crippen LogP contribution in [0.2, 0.25) is 0 Å². The first kappa shape index (κ1) is 16.2. The second-order valence-electron chi connectivity index (χ2n) is 7.02. The van der Waals surface area contributed by atoms with Gasteiger partial charge in [-0.25, -0.2) is 9.97 Å². The Morgan fingerprint density at radius 2 is 2.17 bits per heavy atom. The fourth-order valence-corrected chi connectivity index (χ4v) is 4.11. The number of aromatic nitrogens is 2. The molecule has 0 saturated heterocycles. The fraction of sp³-hybridized carbons (Fsp3) is 0.632. The first-order chi connectivity index (χ1) is 11.1. The molecule has 0 fully saturated rings. The highest BCUT2D eigenvalue weighted by molar-refractivity contribution is 5.86. The Kier molecular flexibility index (Phi) is 4.79. The number of hydrogen-bond donors (Lipinski definition) is 1. The Morgan fingerprint density at radius 1 is 1.35 bits per heavy atom. The first-order valence-electron chi connectivity index (χ1n) is 8.93. The lowest BCUT2D eigenvalue weighted by Gasteiger charge is -2.33. The maximum Gasteiger partial charge on any atom is 0.229 e. The molecule has 0 unspecified atom stereocenters. The van der Waals surface area contributed by atoms with Gasteiger partial charge in [-0.15, -0.1) is 0 Å². The molecule has 0 radical (unpaired) electrons. The van der Waals surface area contributed by atoms with E-state index in [1.807, 2.05) is 0 Å². The largest absolute Gasteiger partial charge is 0.295 e. The molecule has 4 nitrogen and oxygen atoms in total. The number of nitrogens with one attached hydrogen (secondary N) is 1. The summed E-state index contributed by atoms with van der Waals surface area (Å²) in [6.07, 6.45) is 11.4. The molecule has 2 aliphatic carbocycles. The summed E-state index contributed by atoms with van der Waals surface area (Å²) in [5, 5.41) is 2.78. The molecular weight excluding hydrogens is 286 g/mol. The van der Waals surface area contributed by atoms with E-state index in [0.29, 0.717) is 23.7 Å². The molecule has 0 bridgehead atoms. The molecule has 0 spiro atoms. The van der Waals surface area contributed by atoms with Crippen molar-refractivity contribution in [3.63, 3.8) is 0 Å². The van der Waals surface area contributed by atoms with E-state index >= 15 is 0 Å². The minimum atomic E-state index is -0.102. The smallest absolute Gasteiger partial charge is 0.229 e. The summed E-state index contributed by atoms with van der Waals surface area (Å²) in [6, 6.07) is 0. The molecule has 1 amide bonds. The Morgan fingerprint density at radius 3 is 2.91 bits per heavy atom. The van der Waals surface area contributed by atoms with Gasteiger partial charge in [0, 0.05) is 18.5 Å². The lowest BCUT2D eigenvalue weighted by atomic mass is 9.73. The van der Waals surface area contributed by atoms with Crippen molar-refractivity contribution in [2.45, 2.75) is 71.1 Å². The van der Waals surface area contributed by atoms with Crippen molar-refractivity contribution in [3.05, 3.63) is 29.1 Å². The van der Waals surface area contributed by atoms with Crippen LogP contribution >= 0.6 is 0 Å². The number of carbonyl (C=O) groups excluding carboxylic acids is 1. The van der Waals surface area contributed by atoms with Gasteiger partial charge in [0.15, 0.2) is 0 Å². The Bertz CT molecular complexity index is 623. The van der Waals surface area contributed by atoms with Gasteiger partial charge in [-0.05, 0) is 49.5 Å². The van der Waals surface area contributed by atoms with Gasteiger partial charge >= 0.3 is 0 Å². The summed E-state index contributed by atoms with van der Waals surface area (Å²) in [4.78, 5) is 20.7. The van der Waals surface area contributed by atoms with Gasteiger partial charge in [0.25, 0.3) is 0 Å². The van der Waals surface area contributed by atoms with E-state index in [4.69, 9.17) is 4.98 Å². The fourth-order valence-electron chi connectivity index (χ4n) is 4.11. The molecule has 124 valence electrons. The summed E-state index contributed by atoms with van der Waals surface area (Å²) >= 11 is 0. The van der Waals surface area contributed by atoms with Gasteiger partial charge in [0.1, 0.15) is 0 Å². The number of unbranched alkanes of at least 4 members (excludes halogenated alkanes) is 1. The highest BCUT2D eigenvalue weighted by Gasteiger charge is 2.38. The number of nitrogens with zero attached hydrogens (tertiary/aromatic N) is 2. The summed E-state index contributed by atoms with van der Waals surface area (Å²) in [5.41, 5.74) is 3.76. The van der Waals surface area contributed by atoms with Gasteiger partial charge in [-0.3, -0.25) is 10.1 Å². The van der Waals surface area contributed by atoms with Crippen LogP contribution in [0.1, 0.15) is 81.7 Å². The highest BCUT2D eigenvalue weighted by atomic mass is 16.1. The van der Waals surface area contributed by atoms with Crippen LogP contribution in [0.25, 0.3) is 0 Å². The number of amides is 1. The monoisotopic (exact) mass is 313 g/mol. The maximum absolute atomic E-state index is 11.4. The Balaban J connectivity index is 1.93. The molecule has 2 aliphatic rings. The van der Waals surface area contributed by atoms with E-state index in [-0.39, 0.29) is 5.91 Å². The molecule has 1 aromatic rings. The van der Waals surface area contributed by atoms with E-state index in [1.54, 1.807) is 0 Å². The second kappa shape index (κ2) is 6.81. The van der Waals surface area contributed by atoms with Crippen molar-refractivity contribution in [1.82, 2.24) is 9.97 Å². The number of carbonyl (C=O) groups is 1. The summed E-state index contributed by atoms with van der Waals surface area (Å²) in [5.74, 6) is 2.09. The minimum Gasteiger partial charge on any atom is -0.295 e. The quantitative estimate of drug-likeness (QED) is 0.823. The second-order valence-corrected chi connectivity index (χ2v) is 7.02. The van der Waals surface area contributed by atoms with Crippen LogP contribution in [0, 0.1) is 5.92 Å². The third-order valence-corrected chi connectivity index (χ3v) is 5.19. The van der Waals surface area contributed by atoms with Crippen LogP contribution in [0.15, 0.2) is 12.2 Å². The lowest BCUT2D eigenvalue weighted by molar-refractivity contribution is -0.114. The molecule has 3 atom stereocenters. The van der Waals surface area contributed by atoms with Gasteiger partial charge in [-0.2, -0.15) is 0 Å². The van der Waals surface area contributed by atoms with Crippen LogP contribution in [-0.4, -0.2) is 15.9 Å². The molecule has 3 rings (SSSR count). The van der Waals surface area contributed by atoms with E-state index in [0.717, 1.165) is 25.0 Å². The third kappa shape index (κ3) is 3.31. The van der Waals surface area contributed by atoms with E-state index in [9.17, 15) is 4.79 Å². The molecule has 23 heavy (non-hydrogen) atoms. The zero-order chi connectivity index (χ0) is 16.4. The van der Waals surface area contributed by atoms with Crippen molar-refractivity contribution in [2.24, 2.45) is 5.92 Å². The predicted octanol–water partition coefficient (Wildman–Crippen LogP) is 4.33. The van der Waals surface area contributed by atoms with E-state index in [1.165, 1.54) is 37.4 Å². The van der Waals surface area contributed by atoms with Gasteiger partial charge in [0.05, 0.1) is 5.69 Å².